The SMILES string of the molecule is Cc1ccc(C(=O)NC2CC2)cc1-c1ccc2c(CN3CCCCC3)noc2c1. The molecule has 1 N–H and O–H groups in total. The highest BCUT2D eigenvalue weighted by molar-refractivity contribution is 5.96. The zero-order valence-electron chi connectivity index (χ0n) is 16.9. The molecule has 0 radical (unpaired) electrons. The number of fused-ring (bicyclic) bond motifs is 1. The smallest absolute Gasteiger partial charge is 0.251 e. The highest BCUT2D eigenvalue weighted by Gasteiger charge is 2.24. The van der Waals surface area contributed by atoms with Gasteiger partial charge in [-0.25, -0.2) is 0 Å². The molecule has 5 rings (SSSR count). The van der Waals surface area contributed by atoms with Gasteiger partial charge < -0.3 is 9.84 Å². The molecule has 150 valence electrons. The number of aryl methyl sites for hydroxylation is 1. The Kier molecular flexibility index (Phi) is 4.84. The molecule has 0 spiro atoms. The van der Waals surface area contributed by atoms with Gasteiger partial charge in [-0.05, 0) is 86.7 Å². The van der Waals surface area contributed by atoms with Gasteiger partial charge in [0.2, 0.25) is 0 Å². The summed E-state index contributed by atoms with van der Waals surface area (Å²) in [6.45, 7) is 5.20. The van der Waals surface area contributed by atoms with E-state index in [0.717, 1.165) is 65.8 Å². The minimum Gasteiger partial charge on any atom is -0.356 e. The molecule has 29 heavy (non-hydrogen) atoms. The molecule has 0 bridgehead atoms. The minimum atomic E-state index is 0.0123. The number of nitrogens with zero attached hydrogens (tertiary/aromatic N) is 2. The molecule has 1 amide bonds. The number of benzene rings is 2. The highest BCUT2D eigenvalue weighted by Crippen LogP contribution is 2.30. The van der Waals surface area contributed by atoms with E-state index in [2.05, 4.69) is 34.4 Å². The average Bonchev–Trinajstić information content (AvgIpc) is 3.47. The van der Waals surface area contributed by atoms with Crippen LogP contribution in [0, 0.1) is 6.92 Å². The van der Waals surface area contributed by atoms with Gasteiger partial charge in [0, 0.05) is 23.5 Å². The van der Waals surface area contributed by atoms with Crippen LogP contribution in [0.4, 0.5) is 0 Å². The van der Waals surface area contributed by atoms with Crippen LogP contribution in [0.3, 0.4) is 0 Å². The van der Waals surface area contributed by atoms with Crippen molar-refractivity contribution >= 4 is 16.9 Å². The van der Waals surface area contributed by atoms with Gasteiger partial charge in [-0.3, -0.25) is 9.69 Å². The number of carbonyl (C=O) groups excluding carboxylic acids is 1. The van der Waals surface area contributed by atoms with Crippen molar-refractivity contribution in [2.24, 2.45) is 0 Å². The van der Waals surface area contributed by atoms with E-state index in [-0.39, 0.29) is 5.91 Å². The Morgan fingerprint density at radius 1 is 1.14 bits per heavy atom. The third-order valence-corrected chi connectivity index (χ3v) is 6.09. The van der Waals surface area contributed by atoms with Gasteiger partial charge in [-0.2, -0.15) is 0 Å². The number of rotatable bonds is 5. The summed E-state index contributed by atoms with van der Waals surface area (Å²) in [5, 5.41) is 8.50. The first-order valence-corrected chi connectivity index (χ1v) is 10.7. The van der Waals surface area contributed by atoms with E-state index in [4.69, 9.17) is 4.52 Å². The number of aromatic nitrogens is 1. The number of piperidine rings is 1. The maximum absolute atomic E-state index is 12.5. The first kappa shape index (κ1) is 18.4. The van der Waals surface area contributed by atoms with Gasteiger partial charge in [0.15, 0.2) is 5.58 Å². The first-order chi connectivity index (χ1) is 14.2. The van der Waals surface area contributed by atoms with Gasteiger partial charge in [0.25, 0.3) is 5.91 Å². The molecule has 2 aromatic carbocycles. The van der Waals surface area contributed by atoms with Crippen LogP contribution in [0.5, 0.6) is 0 Å². The topological polar surface area (TPSA) is 58.4 Å². The Morgan fingerprint density at radius 2 is 1.97 bits per heavy atom. The molecule has 1 saturated heterocycles. The second-order valence-corrected chi connectivity index (χ2v) is 8.45. The van der Waals surface area contributed by atoms with E-state index in [1.54, 1.807) is 0 Å². The van der Waals surface area contributed by atoms with Crippen molar-refractivity contribution in [1.82, 2.24) is 15.4 Å². The van der Waals surface area contributed by atoms with E-state index in [0.29, 0.717) is 11.6 Å². The lowest BCUT2D eigenvalue weighted by molar-refractivity contribution is 0.0951. The summed E-state index contributed by atoms with van der Waals surface area (Å²) in [6.07, 6.45) is 6.04. The fraction of sp³-hybridized carbons (Fsp3) is 0.417. The molecular formula is C24H27N3O2. The molecule has 1 aliphatic carbocycles. The van der Waals surface area contributed by atoms with E-state index in [9.17, 15) is 4.79 Å². The third-order valence-electron chi connectivity index (χ3n) is 6.09. The van der Waals surface area contributed by atoms with Crippen LogP contribution in [0.1, 0.15) is 53.7 Å². The van der Waals surface area contributed by atoms with Crippen molar-refractivity contribution in [2.75, 3.05) is 13.1 Å². The monoisotopic (exact) mass is 389 g/mol. The molecule has 0 unspecified atom stereocenters. The Hall–Kier alpha value is -2.66. The lowest BCUT2D eigenvalue weighted by Crippen LogP contribution is -2.29. The highest BCUT2D eigenvalue weighted by atomic mass is 16.5. The van der Waals surface area contributed by atoms with Gasteiger partial charge in [0.05, 0.1) is 0 Å². The van der Waals surface area contributed by atoms with Gasteiger partial charge in [-0.1, -0.05) is 23.7 Å². The second kappa shape index (κ2) is 7.64. The zero-order valence-corrected chi connectivity index (χ0v) is 16.9. The van der Waals surface area contributed by atoms with E-state index >= 15 is 0 Å². The molecule has 3 aromatic rings. The molecule has 2 fully saturated rings. The maximum atomic E-state index is 12.5. The maximum Gasteiger partial charge on any atom is 0.251 e. The molecule has 5 heteroatoms. The summed E-state index contributed by atoms with van der Waals surface area (Å²) in [6, 6.07) is 12.5. The molecule has 1 saturated carbocycles. The van der Waals surface area contributed by atoms with Crippen molar-refractivity contribution in [2.45, 2.75) is 51.6 Å². The number of hydrogen-bond donors (Lipinski definition) is 1. The van der Waals surface area contributed by atoms with Gasteiger partial charge >= 0.3 is 0 Å². The molecule has 1 aliphatic heterocycles. The molecular weight excluding hydrogens is 362 g/mol. The standard InChI is InChI=1S/C24H27N3O2/c1-16-5-6-18(24(28)25-19-8-9-19)13-21(16)17-7-10-20-22(26-29-23(20)14-17)15-27-11-3-2-4-12-27/h5-7,10,13-14,19H,2-4,8-9,11-12,15H2,1H3,(H,25,28). The lowest BCUT2D eigenvalue weighted by Gasteiger charge is -2.25. The van der Waals surface area contributed by atoms with Gasteiger partial charge in [-0.15, -0.1) is 0 Å². The van der Waals surface area contributed by atoms with Crippen LogP contribution in [-0.4, -0.2) is 35.1 Å². The fourth-order valence-corrected chi connectivity index (χ4v) is 4.17. The van der Waals surface area contributed by atoms with Crippen LogP contribution in [0.2, 0.25) is 0 Å². The average molecular weight is 389 g/mol. The van der Waals surface area contributed by atoms with Crippen LogP contribution in [-0.2, 0) is 6.54 Å². The molecule has 1 aromatic heterocycles. The van der Waals surface area contributed by atoms with E-state index < -0.39 is 0 Å². The zero-order chi connectivity index (χ0) is 19.8. The molecule has 5 nitrogen and oxygen atoms in total. The predicted octanol–water partition coefficient (Wildman–Crippen LogP) is 4.68. The van der Waals surface area contributed by atoms with Crippen LogP contribution >= 0.6 is 0 Å². The third kappa shape index (κ3) is 3.92. The number of carbonyl (C=O) groups is 1. The van der Waals surface area contributed by atoms with Crippen molar-refractivity contribution in [3.63, 3.8) is 0 Å². The lowest BCUT2D eigenvalue weighted by atomic mass is 9.97. The van der Waals surface area contributed by atoms with Crippen LogP contribution in [0.25, 0.3) is 22.1 Å². The molecule has 2 aliphatic rings. The number of nitrogens with one attached hydrogen (secondary N) is 1. The van der Waals surface area contributed by atoms with Crippen molar-refractivity contribution in [3.05, 3.63) is 53.2 Å². The molecule has 0 atom stereocenters. The largest absolute Gasteiger partial charge is 0.356 e. The Morgan fingerprint density at radius 3 is 2.76 bits per heavy atom. The summed E-state index contributed by atoms with van der Waals surface area (Å²) < 4.78 is 5.68. The second-order valence-electron chi connectivity index (χ2n) is 8.45. The van der Waals surface area contributed by atoms with Crippen LogP contribution < -0.4 is 5.32 Å². The van der Waals surface area contributed by atoms with Crippen molar-refractivity contribution in [3.8, 4) is 11.1 Å². The summed E-state index contributed by atoms with van der Waals surface area (Å²) in [4.78, 5) is 14.9. The normalized spacial score (nSPS) is 17.6. The number of hydrogen-bond acceptors (Lipinski definition) is 4. The van der Waals surface area contributed by atoms with E-state index in [1.165, 1.54) is 19.3 Å². The summed E-state index contributed by atoms with van der Waals surface area (Å²) in [5.41, 5.74) is 5.78. The molecule has 2 heterocycles. The number of amides is 1. The fourth-order valence-electron chi connectivity index (χ4n) is 4.17. The van der Waals surface area contributed by atoms with Gasteiger partial charge in [0.1, 0.15) is 5.69 Å². The van der Waals surface area contributed by atoms with Crippen molar-refractivity contribution < 1.29 is 9.32 Å². The summed E-state index contributed by atoms with van der Waals surface area (Å²) in [5.74, 6) is 0.0123. The number of likely N-dealkylation sites (tertiary alicyclic amines) is 1. The van der Waals surface area contributed by atoms with Crippen LogP contribution in [0.15, 0.2) is 40.9 Å². The Balaban J connectivity index is 1.42. The predicted molar refractivity (Wildman–Crippen MR) is 114 cm³/mol. The van der Waals surface area contributed by atoms with E-state index in [1.807, 2.05) is 24.3 Å². The van der Waals surface area contributed by atoms with Crippen molar-refractivity contribution in [1.29, 1.82) is 0 Å². The first-order valence-electron chi connectivity index (χ1n) is 10.7. The minimum absolute atomic E-state index is 0.0123. The summed E-state index contributed by atoms with van der Waals surface area (Å²) >= 11 is 0. The summed E-state index contributed by atoms with van der Waals surface area (Å²) in [7, 11) is 0. The Bertz CT molecular complexity index is 1050. The quantitative estimate of drug-likeness (QED) is 0.688. The Labute approximate surface area is 171 Å².